The van der Waals surface area contributed by atoms with E-state index in [0.717, 1.165) is 5.06 Å². The number of nitrogens with one attached hydrogen (secondary N) is 1. The lowest BCUT2D eigenvalue weighted by molar-refractivity contribution is -0.175. The third kappa shape index (κ3) is 4.21. The molecule has 0 radical (unpaired) electrons. The van der Waals surface area contributed by atoms with E-state index in [1.54, 1.807) is 30.3 Å². The lowest BCUT2D eigenvalue weighted by Gasteiger charge is -2.48. The molecule has 0 aromatic heterocycles. The molecule has 3 aliphatic carbocycles. The zero-order valence-electron chi connectivity index (χ0n) is 21.4. The van der Waals surface area contributed by atoms with Gasteiger partial charge in [-0.2, -0.15) is 5.06 Å². The topological polar surface area (TPSA) is 204 Å². The largest absolute Gasteiger partial charge is 0.507 e. The Hall–Kier alpha value is -4.26. The molecule has 2 aromatic carbocycles. The summed E-state index contributed by atoms with van der Waals surface area (Å²) in [7, 11) is 1.34. The zero-order valence-corrected chi connectivity index (χ0v) is 21.4. The van der Waals surface area contributed by atoms with Crippen LogP contribution in [-0.4, -0.2) is 74.6 Å². The number of nitrogens with zero attached hydrogens (tertiary/aromatic N) is 1. The number of hydrogen-bond donors (Lipinski definition) is 5. The summed E-state index contributed by atoms with van der Waals surface area (Å²) in [6.45, 7) is -0.229. The summed E-state index contributed by atoms with van der Waals surface area (Å²) >= 11 is 0. The molecule has 12 heteroatoms. The number of likely N-dealkylation sites (N-methyl/N-ethyl adjacent to an activating group) is 1. The number of phenols is 1. The van der Waals surface area contributed by atoms with E-state index >= 15 is 0 Å². The van der Waals surface area contributed by atoms with Crippen molar-refractivity contribution in [3.8, 4) is 16.9 Å². The third-order valence-electron chi connectivity index (χ3n) is 8.14. The SMILES string of the molecule is CN(O)CC(=O)Nc1ccc(-c2ccc(O)c3c2C[C@H]2C[C@H]4CC(=O)C(C(N)=O)C(=O)[C@@]4(O)C(=O)C2C3=O)cc1. The van der Waals surface area contributed by atoms with Crippen LogP contribution in [0.5, 0.6) is 5.75 Å². The minimum atomic E-state index is -2.69. The van der Waals surface area contributed by atoms with E-state index in [9.17, 15) is 44.2 Å². The number of Topliss-reactive ketones (excluding diaryl/α,β-unsaturated/α-hetero) is 4. The van der Waals surface area contributed by atoms with Gasteiger partial charge < -0.3 is 26.5 Å². The highest BCUT2D eigenvalue weighted by molar-refractivity contribution is 6.31. The van der Waals surface area contributed by atoms with E-state index < -0.39 is 70.6 Å². The highest BCUT2D eigenvalue weighted by Gasteiger charge is 2.66. The molecule has 208 valence electrons. The molecule has 40 heavy (non-hydrogen) atoms. The number of anilines is 1. The Balaban J connectivity index is 1.50. The second-order valence-corrected chi connectivity index (χ2v) is 10.7. The molecule has 2 fully saturated rings. The van der Waals surface area contributed by atoms with Crippen molar-refractivity contribution in [2.75, 3.05) is 18.9 Å². The highest BCUT2D eigenvalue weighted by Crippen LogP contribution is 2.51. The van der Waals surface area contributed by atoms with Gasteiger partial charge in [-0.25, -0.2) is 0 Å². The Morgan fingerprint density at radius 3 is 2.35 bits per heavy atom. The second kappa shape index (κ2) is 9.73. The summed E-state index contributed by atoms with van der Waals surface area (Å²) in [6.07, 6.45) is -0.255. The molecule has 5 atom stereocenters. The molecule has 2 amide bonds. The summed E-state index contributed by atoms with van der Waals surface area (Å²) in [5.74, 6) is -11.1. The van der Waals surface area contributed by atoms with Gasteiger partial charge in [-0.05, 0) is 53.6 Å². The first-order chi connectivity index (χ1) is 18.8. The van der Waals surface area contributed by atoms with E-state index in [0.29, 0.717) is 22.4 Å². The van der Waals surface area contributed by atoms with Crippen molar-refractivity contribution in [2.24, 2.45) is 29.4 Å². The summed E-state index contributed by atoms with van der Waals surface area (Å²) in [5, 5.41) is 34.5. The maximum atomic E-state index is 13.7. The van der Waals surface area contributed by atoms with Crippen molar-refractivity contribution in [3.63, 3.8) is 0 Å². The van der Waals surface area contributed by atoms with Gasteiger partial charge in [0.1, 0.15) is 12.3 Å². The predicted molar refractivity (Wildman–Crippen MR) is 137 cm³/mol. The molecule has 0 aliphatic heterocycles. The fourth-order valence-corrected chi connectivity index (χ4v) is 6.38. The van der Waals surface area contributed by atoms with Gasteiger partial charge in [-0.1, -0.05) is 18.2 Å². The molecule has 12 nitrogen and oxygen atoms in total. The van der Waals surface area contributed by atoms with Gasteiger partial charge in [0, 0.05) is 25.1 Å². The van der Waals surface area contributed by atoms with E-state index in [1.807, 2.05) is 0 Å². The molecule has 2 aromatic rings. The van der Waals surface area contributed by atoms with E-state index in [-0.39, 0.29) is 30.7 Å². The summed E-state index contributed by atoms with van der Waals surface area (Å²) < 4.78 is 0. The summed E-state index contributed by atoms with van der Waals surface area (Å²) in [6, 6.07) is 9.62. The number of benzene rings is 2. The number of fused-ring (bicyclic) bond motifs is 3. The van der Waals surface area contributed by atoms with Crippen LogP contribution in [-0.2, 0) is 30.4 Å². The lowest BCUT2D eigenvalue weighted by atomic mass is 9.53. The van der Waals surface area contributed by atoms with Crippen LogP contribution in [0.2, 0.25) is 0 Å². The maximum absolute atomic E-state index is 13.7. The molecular formula is C28H27N3O9. The van der Waals surface area contributed by atoms with Crippen molar-refractivity contribution >= 4 is 40.6 Å². The van der Waals surface area contributed by atoms with Crippen LogP contribution < -0.4 is 11.1 Å². The Kier molecular flexibility index (Phi) is 6.65. The Morgan fingerprint density at radius 1 is 1.05 bits per heavy atom. The number of amides is 2. The molecule has 0 spiro atoms. The number of carbonyl (C=O) groups is 6. The number of aliphatic hydroxyl groups is 1. The Labute approximate surface area is 227 Å². The van der Waals surface area contributed by atoms with Gasteiger partial charge in [-0.3, -0.25) is 28.8 Å². The second-order valence-electron chi connectivity index (χ2n) is 10.7. The number of nitrogens with two attached hydrogens (primary N) is 1. The number of hydroxylamine groups is 2. The van der Waals surface area contributed by atoms with Crippen molar-refractivity contribution in [1.29, 1.82) is 0 Å². The van der Waals surface area contributed by atoms with Gasteiger partial charge in [0.05, 0.1) is 11.5 Å². The molecule has 2 unspecified atom stereocenters. The minimum absolute atomic E-state index is 0.000414. The van der Waals surface area contributed by atoms with Crippen LogP contribution in [0.3, 0.4) is 0 Å². The molecular weight excluding hydrogens is 522 g/mol. The van der Waals surface area contributed by atoms with Gasteiger partial charge in [-0.15, -0.1) is 0 Å². The van der Waals surface area contributed by atoms with Crippen molar-refractivity contribution in [3.05, 3.63) is 47.5 Å². The number of primary amides is 1. The molecule has 5 rings (SSSR count). The van der Waals surface area contributed by atoms with Gasteiger partial charge in [0.2, 0.25) is 11.8 Å². The fourth-order valence-electron chi connectivity index (χ4n) is 6.38. The standard InChI is InChI=1S/C28H27N3O9/c1-31(40)11-20(34)30-15-4-2-12(3-5-15)16-6-7-18(32)22-17(16)9-13-8-14-10-19(33)23(27(29)38)26(37)28(14,39)25(36)21(13)24(22)35/h2-7,13-14,21,23,32,39-40H,8-11H2,1H3,(H2,29,38)(H,30,34)/t13-,14+,21?,23?,28+/m1/s1. The monoisotopic (exact) mass is 549 g/mol. The average molecular weight is 550 g/mol. The van der Waals surface area contributed by atoms with Gasteiger partial charge in [0.25, 0.3) is 0 Å². The van der Waals surface area contributed by atoms with Crippen LogP contribution >= 0.6 is 0 Å². The average Bonchev–Trinajstić information content (AvgIpc) is 2.86. The van der Waals surface area contributed by atoms with Crippen molar-refractivity contribution in [1.82, 2.24) is 5.06 Å². The first-order valence-corrected chi connectivity index (χ1v) is 12.7. The molecule has 0 saturated heterocycles. The van der Waals surface area contributed by atoms with Gasteiger partial charge in [0.15, 0.2) is 34.7 Å². The third-order valence-corrected chi connectivity index (χ3v) is 8.14. The number of aromatic hydroxyl groups is 1. The number of hydrogen-bond acceptors (Lipinski definition) is 10. The highest BCUT2D eigenvalue weighted by atomic mass is 16.5. The number of carbonyl (C=O) groups excluding carboxylic acids is 6. The molecule has 3 aliphatic rings. The maximum Gasteiger partial charge on any atom is 0.240 e. The molecule has 6 N–H and O–H groups in total. The quantitative estimate of drug-likeness (QED) is 0.254. The number of rotatable bonds is 5. The Bertz CT molecular complexity index is 1480. The minimum Gasteiger partial charge on any atom is -0.507 e. The summed E-state index contributed by atoms with van der Waals surface area (Å²) in [5.41, 5.74) is 4.62. The predicted octanol–water partition coefficient (Wildman–Crippen LogP) is 0.253. The fraction of sp³-hybridized carbons (Fsp3) is 0.357. The molecule has 2 saturated carbocycles. The summed E-state index contributed by atoms with van der Waals surface area (Å²) in [4.78, 5) is 76.5. The van der Waals surface area contributed by atoms with Crippen LogP contribution in [0.15, 0.2) is 36.4 Å². The van der Waals surface area contributed by atoms with Crippen LogP contribution in [0.1, 0.15) is 28.8 Å². The van der Waals surface area contributed by atoms with E-state index in [2.05, 4.69) is 5.32 Å². The van der Waals surface area contributed by atoms with Gasteiger partial charge >= 0.3 is 0 Å². The van der Waals surface area contributed by atoms with Crippen LogP contribution in [0, 0.1) is 23.7 Å². The first kappa shape index (κ1) is 27.3. The Morgan fingerprint density at radius 2 is 1.73 bits per heavy atom. The van der Waals surface area contributed by atoms with E-state index in [1.165, 1.54) is 13.1 Å². The first-order valence-electron chi connectivity index (χ1n) is 12.7. The smallest absolute Gasteiger partial charge is 0.240 e. The molecule has 0 bridgehead atoms. The normalized spacial score (nSPS) is 27.6. The number of phenolic OH excluding ortho intramolecular Hbond substituents is 1. The van der Waals surface area contributed by atoms with Crippen molar-refractivity contribution < 1.29 is 44.2 Å². The zero-order chi connectivity index (χ0) is 29.1. The van der Waals surface area contributed by atoms with Crippen LogP contribution in [0.4, 0.5) is 5.69 Å². The van der Waals surface area contributed by atoms with E-state index in [4.69, 9.17) is 5.73 Å². The number of ketones is 4. The van der Waals surface area contributed by atoms with Crippen molar-refractivity contribution in [2.45, 2.75) is 24.9 Å². The lowest BCUT2D eigenvalue weighted by Crippen LogP contribution is -2.68. The van der Waals surface area contributed by atoms with Crippen LogP contribution in [0.25, 0.3) is 11.1 Å². The molecule has 0 heterocycles.